The first kappa shape index (κ1) is 29.3. The van der Waals surface area contributed by atoms with Gasteiger partial charge in [0.25, 0.3) is 11.5 Å². The summed E-state index contributed by atoms with van der Waals surface area (Å²) >= 11 is 3.36. The van der Waals surface area contributed by atoms with Crippen LogP contribution < -0.4 is 20.3 Å². The molecule has 11 nitrogen and oxygen atoms in total. The Balaban J connectivity index is 1.68. The number of nitrogens with one attached hydrogen (secondary N) is 1. The Labute approximate surface area is 241 Å². The Morgan fingerprint density at radius 1 is 1.20 bits per heavy atom. The van der Waals surface area contributed by atoms with Gasteiger partial charge in [-0.2, -0.15) is 9.78 Å². The number of halogens is 2. The maximum Gasteiger partial charge on any atom is 0.315 e. The smallest absolute Gasteiger partial charge is 0.315 e. The van der Waals surface area contributed by atoms with E-state index in [1.807, 2.05) is 13.8 Å². The van der Waals surface area contributed by atoms with E-state index in [0.29, 0.717) is 26.9 Å². The zero-order valence-corrected chi connectivity index (χ0v) is 23.8. The molecule has 0 unspecified atom stereocenters. The number of aromatic nitrogens is 2. The molecule has 0 bridgehead atoms. The van der Waals surface area contributed by atoms with Gasteiger partial charge in [0.2, 0.25) is 5.75 Å². The second-order valence-electron chi connectivity index (χ2n) is 9.05. The quantitative estimate of drug-likeness (QED) is 0.137. The maximum atomic E-state index is 13.3. The van der Waals surface area contributed by atoms with Crippen LogP contribution in [0.25, 0.3) is 10.9 Å². The number of fused-ring (bicyclic) bond motifs is 1. The number of hydrogen-bond donors (Lipinski definition) is 1. The molecular weight excluding hydrogens is 601 g/mol. The number of nitro benzene ring substituents is 1. The molecule has 13 heteroatoms. The number of carbonyl (C=O) groups excluding carboxylic acids is 1. The summed E-state index contributed by atoms with van der Waals surface area (Å²) in [5.74, 6) is -1.06. The Morgan fingerprint density at radius 2 is 1.93 bits per heavy atom. The summed E-state index contributed by atoms with van der Waals surface area (Å²) in [5.41, 5.74) is 0.233. The summed E-state index contributed by atoms with van der Waals surface area (Å²) in [6.45, 7) is 5.00. The number of nitrogens with zero attached hydrogens (tertiary/aromatic N) is 4. The third-order valence-corrected chi connectivity index (χ3v) is 6.20. The van der Waals surface area contributed by atoms with Crippen LogP contribution in [0.3, 0.4) is 0 Å². The van der Waals surface area contributed by atoms with Crippen molar-refractivity contribution in [3.63, 3.8) is 0 Å². The van der Waals surface area contributed by atoms with Crippen LogP contribution in [0.4, 0.5) is 15.8 Å². The number of rotatable bonds is 10. The molecule has 212 valence electrons. The fourth-order valence-electron chi connectivity index (χ4n) is 3.87. The summed E-state index contributed by atoms with van der Waals surface area (Å²) in [5, 5.41) is 19.2. The lowest BCUT2D eigenvalue weighted by atomic mass is 10.1. The molecule has 0 saturated carbocycles. The van der Waals surface area contributed by atoms with Gasteiger partial charge in [0.1, 0.15) is 11.6 Å². The molecule has 0 aliphatic heterocycles. The van der Waals surface area contributed by atoms with E-state index in [2.05, 4.69) is 31.3 Å². The molecule has 4 aromatic rings. The molecule has 1 amide bonds. The van der Waals surface area contributed by atoms with E-state index in [4.69, 9.17) is 9.47 Å². The van der Waals surface area contributed by atoms with E-state index >= 15 is 0 Å². The van der Waals surface area contributed by atoms with Crippen LogP contribution in [0, 0.1) is 15.9 Å². The highest BCUT2D eigenvalue weighted by molar-refractivity contribution is 9.10. The lowest BCUT2D eigenvalue weighted by Gasteiger charge is -2.14. The second-order valence-corrected chi connectivity index (χ2v) is 9.96. The minimum Gasteiger partial charge on any atom is -0.490 e. The van der Waals surface area contributed by atoms with Crippen molar-refractivity contribution >= 4 is 50.3 Å². The first-order valence-electron chi connectivity index (χ1n) is 12.5. The first-order valence-corrected chi connectivity index (χ1v) is 13.3. The largest absolute Gasteiger partial charge is 0.490 e. The van der Waals surface area contributed by atoms with Crippen molar-refractivity contribution in [2.45, 2.75) is 26.7 Å². The predicted octanol–water partition coefficient (Wildman–Crippen LogP) is 5.63. The average molecular weight is 626 g/mol. The molecule has 3 aromatic carbocycles. The lowest BCUT2D eigenvalue weighted by Crippen LogP contribution is -2.23. The maximum absolute atomic E-state index is 13.3. The molecule has 4 rings (SSSR count). The molecule has 0 saturated heterocycles. The zero-order chi connectivity index (χ0) is 29.7. The van der Waals surface area contributed by atoms with Crippen molar-refractivity contribution < 1.29 is 23.6 Å². The van der Waals surface area contributed by atoms with Gasteiger partial charge in [0.05, 0.1) is 28.6 Å². The van der Waals surface area contributed by atoms with Crippen LogP contribution >= 0.6 is 15.9 Å². The monoisotopic (exact) mass is 625 g/mol. The number of anilines is 1. The number of amides is 1. The molecule has 1 heterocycles. The van der Waals surface area contributed by atoms with E-state index in [-0.39, 0.29) is 29.6 Å². The molecule has 0 aliphatic carbocycles. The summed E-state index contributed by atoms with van der Waals surface area (Å²) < 4.78 is 26.1. The Kier molecular flexibility index (Phi) is 9.07. The minimum atomic E-state index is -0.673. The van der Waals surface area contributed by atoms with Gasteiger partial charge in [0, 0.05) is 27.7 Å². The van der Waals surface area contributed by atoms with Crippen LogP contribution in [-0.4, -0.2) is 39.9 Å². The van der Waals surface area contributed by atoms with Crippen molar-refractivity contribution in [3.8, 4) is 11.5 Å². The highest BCUT2D eigenvalue weighted by Crippen LogP contribution is 2.38. The van der Waals surface area contributed by atoms with Gasteiger partial charge >= 0.3 is 5.69 Å². The van der Waals surface area contributed by atoms with Gasteiger partial charge < -0.3 is 14.8 Å². The summed E-state index contributed by atoms with van der Waals surface area (Å²) in [6, 6.07) is 12.9. The van der Waals surface area contributed by atoms with Crippen LogP contribution in [0.2, 0.25) is 0 Å². The van der Waals surface area contributed by atoms with Gasteiger partial charge in [-0.3, -0.25) is 19.7 Å². The van der Waals surface area contributed by atoms with Gasteiger partial charge in [-0.15, -0.1) is 0 Å². The number of hydrogen-bond acceptors (Lipinski definition) is 8. The van der Waals surface area contributed by atoms with Gasteiger partial charge in [-0.1, -0.05) is 29.8 Å². The van der Waals surface area contributed by atoms with Crippen LogP contribution in [0.5, 0.6) is 11.5 Å². The molecule has 41 heavy (non-hydrogen) atoms. The third-order valence-electron chi connectivity index (χ3n) is 5.70. The number of nitro groups is 1. The highest BCUT2D eigenvalue weighted by Gasteiger charge is 2.24. The third kappa shape index (κ3) is 6.92. The summed E-state index contributed by atoms with van der Waals surface area (Å²) in [6.07, 6.45) is 1.29. The molecule has 0 spiro atoms. The predicted molar refractivity (Wildman–Crippen MR) is 156 cm³/mol. The highest BCUT2D eigenvalue weighted by atomic mass is 79.9. The van der Waals surface area contributed by atoms with Crippen molar-refractivity contribution in [2.75, 3.05) is 18.5 Å². The molecule has 1 N–H and O–H groups in total. The summed E-state index contributed by atoms with van der Waals surface area (Å²) in [7, 11) is 0. The fraction of sp³-hybridized carbons (Fsp3) is 0.214. The molecule has 0 aliphatic rings. The van der Waals surface area contributed by atoms with Crippen LogP contribution in [-0.2, 0) is 4.79 Å². The Hall–Kier alpha value is -4.65. The first-order chi connectivity index (χ1) is 19.6. The van der Waals surface area contributed by atoms with Crippen molar-refractivity contribution in [2.24, 2.45) is 5.10 Å². The number of carbonyl (C=O) groups is 1. The van der Waals surface area contributed by atoms with E-state index in [1.54, 1.807) is 25.1 Å². The van der Waals surface area contributed by atoms with E-state index in [0.717, 1.165) is 4.68 Å². The summed E-state index contributed by atoms with van der Waals surface area (Å²) in [4.78, 5) is 41.6. The van der Waals surface area contributed by atoms with Crippen molar-refractivity contribution in [1.29, 1.82) is 0 Å². The van der Waals surface area contributed by atoms with E-state index < -0.39 is 34.5 Å². The van der Waals surface area contributed by atoms with Gasteiger partial charge in [0.15, 0.2) is 12.4 Å². The topological polar surface area (TPSA) is 138 Å². The van der Waals surface area contributed by atoms with E-state index in [9.17, 15) is 24.1 Å². The standard InChI is InChI=1S/C28H25BrFN5O6/c1-4-40-24-12-17(14-31-34-27(16(2)3)33-22-10-5-18(29)13-21(22)28(34)37)11-23(35(38)39)26(24)41-15-25(36)32-20-8-6-19(30)7-9-20/h5-14,16H,4,15H2,1-3H3,(H,32,36). The molecule has 1 aromatic heterocycles. The fourth-order valence-corrected chi connectivity index (χ4v) is 4.23. The van der Waals surface area contributed by atoms with Crippen LogP contribution in [0.15, 0.2) is 69.0 Å². The van der Waals surface area contributed by atoms with Crippen molar-refractivity contribution in [3.05, 3.63) is 96.7 Å². The lowest BCUT2D eigenvalue weighted by molar-refractivity contribution is -0.385. The molecular formula is C28H25BrFN5O6. The zero-order valence-electron chi connectivity index (χ0n) is 22.3. The minimum absolute atomic E-state index is 0.00901. The number of ether oxygens (including phenoxy) is 2. The molecule has 0 atom stereocenters. The second kappa shape index (κ2) is 12.7. The average Bonchev–Trinajstić information content (AvgIpc) is 2.93. The van der Waals surface area contributed by atoms with Gasteiger partial charge in [-0.05, 0) is 55.5 Å². The van der Waals surface area contributed by atoms with E-state index in [1.165, 1.54) is 42.6 Å². The molecule has 0 fully saturated rings. The Morgan fingerprint density at radius 3 is 2.59 bits per heavy atom. The SMILES string of the molecule is CCOc1cc(C=Nn2c(C(C)C)nc3ccc(Br)cc3c2=O)cc([N+](=O)[O-])c1OCC(=O)Nc1ccc(F)cc1. The van der Waals surface area contributed by atoms with Crippen LogP contribution in [0.1, 0.15) is 38.1 Å². The number of benzene rings is 3. The van der Waals surface area contributed by atoms with Gasteiger partial charge in [-0.25, -0.2) is 9.37 Å². The normalized spacial score (nSPS) is 11.3. The Bertz CT molecular complexity index is 1710. The molecule has 0 radical (unpaired) electrons. The van der Waals surface area contributed by atoms with Crippen molar-refractivity contribution in [1.82, 2.24) is 9.66 Å².